The van der Waals surface area contributed by atoms with Gasteiger partial charge in [0.05, 0.1) is 39.6 Å². The number of aromatic nitrogens is 1. The summed E-state index contributed by atoms with van der Waals surface area (Å²) >= 11 is 0. The molecule has 0 radical (unpaired) electrons. The molecule has 0 saturated carbocycles. The van der Waals surface area contributed by atoms with Gasteiger partial charge in [0.15, 0.2) is 23.0 Å². The third-order valence-corrected chi connectivity index (χ3v) is 4.86. The van der Waals surface area contributed by atoms with E-state index in [1.807, 2.05) is 48.5 Å². The van der Waals surface area contributed by atoms with Gasteiger partial charge in [0, 0.05) is 16.3 Å². The van der Waals surface area contributed by atoms with E-state index in [-0.39, 0.29) is 0 Å². The van der Waals surface area contributed by atoms with Crippen LogP contribution in [0.1, 0.15) is 0 Å². The second-order valence-corrected chi connectivity index (χ2v) is 6.30. The number of para-hydroxylation sites is 1. The summed E-state index contributed by atoms with van der Waals surface area (Å²) in [6, 6.07) is 17.8. The molecule has 0 N–H and O–H groups in total. The molecule has 0 aliphatic rings. The average Bonchev–Trinajstić information content (AvgIpc) is 2.76. The topological polar surface area (TPSA) is 49.8 Å². The van der Waals surface area contributed by atoms with Crippen LogP contribution in [0.2, 0.25) is 0 Å². The van der Waals surface area contributed by atoms with E-state index >= 15 is 0 Å². The highest BCUT2D eigenvalue weighted by atomic mass is 16.5. The van der Waals surface area contributed by atoms with Gasteiger partial charge in [0.25, 0.3) is 0 Å². The molecule has 142 valence electrons. The van der Waals surface area contributed by atoms with Crippen molar-refractivity contribution in [3.8, 4) is 34.3 Å². The Labute approximate surface area is 163 Å². The summed E-state index contributed by atoms with van der Waals surface area (Å²) in [6.07, 6.45) is 0. The molecule has 5 heteroatoms. The lowest BCUT2D eigenvalue weighted by molar-refractivity contribution is 0.355. The first kappa shape index (κ1) is 17.9. The van der Waals surface area contributed by atoms with Crippen LogP contribution in [0.15, 0.2) is 54.6 Å². The van der Waals surface area contributed by atoms with Crippen LogP contribution in [0.3, 0.4) is 0 Å². The molecule has 0 amide bonds. The van der Waals surface area contributed by atoms with Crippen LogP contribution in [0.4, 0.5) is 0 Å². The van der Waals surface area contributed by atoms with Gasteiger partial charge in [-0.05, 0) is 41.8 Å². The minimum atomic E-state index is 0.656. The molecular weight excluding hydrogens is 354 g/mol. The highest BCUT2D eigenvalue weighted by Crippen LogP contribution is 2.41. The van der Waals surface area contributed by atoms with Crippen molar-refractivity contribution in [2.24, 2.45) is 0 Å². The van der Waals surface area contributed by atoms with Gasteiger partial charge >= 0.3 is 0 Å². The smallest absolute Gasteiger partial charge is 0.161 e. The van der Waals surface area contributed by atoms with Gasteiger partial charge in [0.1, 0.15) is 0 Å². The number of fused-ring (bicyclic) bond motifs is 3. The fourth-order valence-corrected chi connectivity index (χ4v) is 3.48. The summed E-state index contributed by atoms with van der Waals surface area (Å²) < 4.78 is 21.9. The van der Waals surface area contributed by atoms with Gasteiger partial charge in [-0.2, -0.15) is 0 Å². The molecule has 0 spiro atoms. The third-order valence-electron chi connectivity index (χ3n) is 4.86. The maximum absolute atomic E-state index is 5.53. The summed E-state index contributed by atoms with van der Waals surface area (Å²) in [5.41, 5.74) is 2.68. The number of hydrogen-bond acceptors (Lipinski definition) is 5. The zero-order chi connectivity index (χ0) is 19.7. The van der Waals surface area contributed by atoms with Crippen LogP contribution in [0.5, 0.6) is 23.0 Å². The Balaban J connectivity index is 2.09. The molecule has 0 bridgehead atoms. The van der Waals surface area contributed by atoms with Crippen molar-refractivity contribution in [3.05, 3.63) is 54.6 Å². The number of rotatable bonds is 5. The maximum Gasteiger partial charge on any atom is 0.161 e. The lowest BCUT2D eigenvalue weighted by Crippen LogP contribution is -1.95. The number of methoxy groups -OCH3 is 4. The molecule has 4 rings (SSSR count). The molecule has 28 heavy (non-hydrogen) atoms. The van der Waals surface area contributed by atoms with Gasteiger partial charge in [-0.15, -0.1) is 0 Å². The van der Waals surface area contributed by atoms with Gasteiger partial charge in [-0.3, -0.25) is 0 Å². The van der Waals surface area contributed by atoms with Crippen molar-refractivity contribution < 1.29 is 18.9 Å². The minimum Gasteiger partial charge on any atom is -0.493 e. The van der Waals surface area contributed by atoms with Crippen LogP contribution in [0.25, 0.3) is 32.9 Å². The van der Waals surface area contributed by atoms with Crippen molar-refractivity contribution >= 4 is 21.7 Å². The molecule has 4 aromatic rings. The summed E-state index contributed by atoms with van der Waals surface area (Å²) in [5, 5.41) is 3.08. The summed E-state index contributed by atoms with van der Waals surface area (Å²) in [5.74, 6) is 2.68. The summed E-state index contributed by atoms with van der Waals surface area (Å²) in [6.45, 7) is 0. The van der Waals surface area contributed by atoms with Crippen LogP contribution < -0.4 is 18.9 Å². The lowest BCUT2D eigenvalue weighted by Gasteiger charge is -2.15. The van der Waals surface area contributed by atoms with E-state index in [9.17, 15) is 0 Å². The van der Waals surface area contributed by atoms with Crippen LogP contribution in [-0.4, -0.2) is 33.4 Å². The predicted octanol–water partition coefficient (Wildman–Crippen LogP) is 5.09. The van der Waals surface area contributed by atoms with E-state index < -0.39 is 0 Å². The molecule has 0 atom stereocenters. The Morgan fingerprint density at radius 2 is 1.18 bits per heavy atom. The second-order valence-electron chi connectivity index (χ2n) is 6.30. The Morgan fingerprint density at radius 1 is 0.571 bits per heavy atom. The van der Waals surface area contributed by atoms with E-state index in [0.717, 1.165) is 32.9 Å². The monoisotopic (exact) mass is 375 g/mol. The van der Waals surface area contributed by atoms with Crippen LogP contribution in [-0.2, 0) is 0 Å². The molecule has 0 fully saturated rings. The normalized spacial score (nSPS) is 10.9. The zero-order valence-electron chi connectivity index (χ0n) is 16.3. The fraction of sp³-hybridized carbons (Fsp3) is 0.174. The summed E-state index contributed by atoms with van der Waals surface area (Å²) in [4.78, 5) is 4.94. The van der Waals surface area contributed by atoms with Gasteiger partial charge in [0.2, 0.25) is 0 Å². The molecular formula is C23H21NO4. The number of nitrogens with zero attached hydrogens (tertiary/aromatic N) is 1. The molecule has 1 aromatic heterocycles. The van der Waals surface area contributed by atoms with Gasteiger partial charge < -0.3 is 18.9 Å². The van der Waals surface area contributed by atoms with E-state index in [1.54, 1.807) is 28.4 Å². The van der Waals surface area contributed by atoms with E-state index in [1.165, 1.54) is 0 Å². The Bertz CT molecular complexity index is 1170. The lowest BCUT2D eigenvalue weighted by atomic mass is 9.99. The second kappa shape index (κ2) is 7.27. The van der Waals surface area contributed by atoms with E-state index in [2.05, 4.69) is 6.07 Å². The highest BCUT2D eigenvalue weighted by Gasteiger charge is 2.16. The first-order chi connectivity index (χ1) is 13.7. The highest BCUT2D eigenvalue weighted by molar-refractivity contribution is 6.12. The third kappa shape index (κ3) is 2.85. The minimum absolute atomic E-state index is 0.656. The van der Waals surface area contributed by atoms with Crippen LogP contribution in [0, 0.1) is 0 Å². The van der Waals surface area contributed by atoms with Crippen molar-refractivity contribution in [1.82, 2.24) is 4.98 Å². The number of pyridine rings is 1. The Kier molecular flexibility index (Phi) is 4.65. The van der Waals surface area contributed by atoms with Crippen molar-refractivity contribution in [2.45, 2.75) is 0 Å². The summed E-state index contributed by atoms with van der Waals surface area (Å²) in [7, 11) is 6.52. The first-order valence-electron chi connectivity index (χ1n) is 8.87. The van der Waals surface area contributed by atoms with Crippen molar-refractivity contribution in [3.63, 3.8) is 0 Å². The van der Waals surface area contributed by atoms with E-state index in [4.69, 9.17) is 23.9 Å². The molecule has 1 heterocycles. The fourth-order valence-electron chi connectivity index (χ4n) is 3.48. The maximum atomic E-state index is 5.53. The van der Waals surface area contributed by atoms with Crippen molar-refractivity contribution in [2.75, 3.05) is 28.4 Å². The number of ether oxygens (including phenoxy) is 4. The number of hydrogen-bond donors (Lipinski definition) is 0. The Morgan fingerprint density at radius 3 is 1.86 bits per heavy atom. The zero-order valence-corrected chi connectivity index (χ0v) is 16.3. The standard InChI is InChI=1S/C23H21NO4/c1-25-19-10-9-14(11-20(19)26-2)23-17-13-22(28-4)21(27-3)12-16(17)15-7-5-6-8-18(15)24-23/h5-13H,1-4H3. The predicted molar refractivity (Wildman–Crippen MR) is 111 cm³/mol. The SMILES string of the molecule is COc1ccc(-c2nc3ccccc3c3cc(OC)c(OC)cc23)cc1OC. The number of benzene rings is 3. The van der Waals surface area contributed by atoms with Gasteiger partial charge in [-0.1, -0.05) is 18.2 Å². The Hall–Kier alpha value is -3.47. The van der Waals surface area contributed by atoms with Crippen LogP contribution >= 0.6 is 0 Å². The molecule has 0 saturated heterocycles. The van der Waals surface area contributed by atoms with Crippen molar-refractivity contribution in [1.29, 1.82) is 0 Å². The quantitative estimate of drug-likeness (QED) is 0.455. The van der Waals surface area contributed by atoms with Gasteiger partial charge in [-0.25, -0.2) is 4.98 Å². The average molecular weight is 375 g/mol. The van der Waals surface area contributed by atoms with E-state index in [0.29, 0.717) is 23.0 Å². The first-order valence-corrected chi connectivity index (χ1v) is 8.87. The molecule has 5 nitrogen and oxygen atoms in total. The molecule has 0 unspecified atom stereocenters. The molecule has 0 aliphatic carbocycles. The largest absolute Gasteiger partial charge is 0.493 e. The molecule has 3 aromatic carbocycles. The molecule has 0 aliphatic heterocycles.